The van der Waals surface area contributed by atoms with Crippen molar-refractivity contribution in [3.63, 3.8) is 0 Å². The van der Waals surface area contributed by atoms with E-state index in [0.717, 1.165) is 16.7 Å². The fourth-order valence-corrected chi connectivity index (χ4v) is 3.02. The average molecular weight is 364 g/mol. The SMILES string of the molecule is NCc1c(Cn2cncn2)cc(CO)nc1-c1ccc(Cl)cc1Cl. The summed E-state index contributed by atoms with van der Waals surface area (Å²) in [5, 5.41) is 14.7. The number of hydrogen-bond donors (Lipinski definition) is 2. The molecule has 0 atom stereocenters. The second-order valence-electron chi connectivity index (χ2n) is 5.18. The number of rotatable bonds is 5. The van der Waals surface area contributed by atoms with Gasteiger partial charge in [0.05, 0.1) is 29.6 Å². The van der Waals surface area contributed by atoms with Crippen LogP contribution in [-0.2, 0) is 19.7 Å². The Hall–Kier alpha value is -1.99. The van der Waals surface area contributed by atoms with Crippen LogP contribution in [-0.4, -0.2) is 24.9 Å². The van der Waals surface area contributed by atoms with E-state index in [1.165, 1.54) is 6.33 Å². The molecule has 0 aliphatic rings. The highest BCUT2D eigenvalue weighted by Gasteiger charge is 2.16. The molecule has 0 fully saturated rings. The lowest BCUT2D eigenvalue weighted by Gasteiger charge is -2.16. The molecule has 2 heterocycles. The largest absolute Gasteiger partial charge is 0.390 e. The van der Waals surface area contributed by atoms with Crippen molar-refractivity contribution in [2.75, 3.05) is 0 Å². The van der Waals surface area contributed by atoms with Gasteiger partial charge in [-0.05, 0) is 35.4 Å². The van der Waals surface area contributed by atoms with E-state index in [9.17, 15) is 5.11 Å². The summed E-state index contributed by atoms with van der Waals surface area (Å²) in [6.07, 6.45) is 3.08. The molecule has 0 aliphatic carbocycles. The summed E-state index contributed by atoms with van der Waals surface area (Å²) in [4.78, 5) is 8.45. The van der Waals surface area contributed by atoms with Crippen molar-refractivity contribution in [2.24, 2.45) is 5.73 Å². The quantitative estimate of drug-likeness (QED) is 0.727. The number of aliphatic hydroxyl groups excluding tert-OH is 1. The molecule has 3 rings (SSSR count). The minimum absolute atomic E-state index is 0.187. The Balaban J connectivity index is 2.17. The van der Waals surface area contributed by atoms with Crippen molar-refractivity contribution in [3.8, 4) is 11.3 Å². The van der Waals surface area contributed by atoms with Crippen LogP contribution in [0.1, 0.15) is 16.8 Å². The number of aliphatic hydroxyl groups is 1. The summed E-state index contributed by atoms with van der Waals surface area (Å²) >= 11 is 12.3. The Morgan fingerprint density at radius 1 is 1.21 bits per heavy atom. The molecule has 1 aromatic carbocycles. The number of benzene rings is 1. The maximum Gasteiger partial charge on any atom is 0.137 e. The monoisotopic (exact) mass is 363 g/mol. The molecule has 8 heteroatoms. The zero-order chi connectivity index (χ0) is 17.1. The number of pyridine rings is 1. The van der Waals surface area contributed by atoms with Crippen LogP contribution >= 0.6 is 23.2 Å². The molecule has 2 aromatic heterocycles. The second kappa shape index (κ2) is 7.27. The Morgan fingerprint density at radius 3 is 2.67 bits per heavy atom. The van der Waals surface area contributed by atoms with Crippen LogP contribution < -0.4 is 5.73 Å². The third kappa shape index (κ3) is 3.42. The normalized spacial score (nSPS) is 11.0. The molecule has 0 unspecified atom stereocenters. The molecular formula is C16H15Cl2N5O. The summed E-state index contributed by atoms with van der Waals surface area (Å²) in [5.41, 5.74) is 9.61. The molecule has 6 nitrogen and oxygen atoms in total. The summed E-state index contributed by atoms with van der Waals surface area (Å²) < 4.78 is 1.68. The standard InChI is InChI=1S/C16H15Cl2N5O/c17-11-1-2-13(15(18)4-11)16-14(5-19)10(3-12(7-24)22-16)6-23-9-20-8-21-23/h1-4,8-9,24H,5-7,19H2. The Morgan fingerprint density at radius 2 is 2.04 bits per heavy atom. The zero-order valence-corrected chi connectivity index (χ0v) is 14.2. The van der Waals surface area contributed by atoms with Gasteiger partial charge in [-0.15, -0.1) is 0 Å². The molecule has 0 saturated heterocycles. The first kappa shape index (κ1) is 16.9. The van der Waals surface area contributed by atoms with Crippen molar-refractivity contribution in [1.29, 1.82) is 0 Å². The van der Waals surface area contributed by atoms with Gasteiger partial charge in [-0.1, -0.05) is 23.2 Å². The van der Waals surface area contributed by atoms with E-state index in [1.807, 2.05) is 6.07 Å². The van der Waals surface area contributed by atoms with Gasteiger partial charge in [0.1, 0.15) is 12.7 Å². The minimum atomic E-state index is -0.187. The Kier molecular flexibility index (Phi) is 5.11. The van der Waals surface area contributed by atoms with E-state index in [1.54, 1.807) is 29.2 Å². The van der Waals surface area contributed by atoms with E-state index >= 15 is 0 Å². The van der Waals surface area contributed by atoms with Gasteiger partial charge in [0.25, 0.3) is 0 Å². The van der Waals surface area contributed by atoms with Gasteiger partial charge in [-0.2, -0.15) is 5.10 Å². The van der Waals surface area contributed by atoms with Crippen molar-refractivity contribution >= 4 is 23.2 Å². The van der Waals surface area contributed by atoms with Gasteiger partial charge >= 0.3 is 0 Å². The topological polar surface area (TPSA) is 89.9 Å². The van der Waals surface area contributed by atoms with Crippen molar-refractivity contribution < 1.29 is 5.11 Å². The highest BCUT2D eigenvalue weighted by atomic mass is 35.5. The second-order valence-corrected chi connectivity index (χ2v) is 6.02. The average Bonchev–Trinajstić information content (AvgIpc) is 3.07. The van der Waals surface area contributed by atoms with E-state index in [-0.39, 0.29) is 13.2 Å². The summed E-state index contributed by atoms with van der Waals surface area (Å²) in [6.45, 7) is 0.560. The molecule has 0 aliphatic heterocycles. The first-order chi connectivity index (χ1) is 11.6. The molecule has 3 aromatic rings. The van der Waals surface area contributed by atoms with Gasteiger partial charge in [0.2, 0.25) is 0 Å². The summed E-state index contributed by atoms with van der Waals surface area (Å²) in [5.74, 6) is 0. The molecular weight excluding hydrogens is 349 g/mol. The van der Waals surface area contributed by atoms with E-state index < -0.39 is 0 Å². The highest BCUT2D eigenvalue weighted by molar-refractivity contribution is 6.36. The number of nitrogens with zero attached hydrogens (tertiary/aromatic N) is 4. The highest BCUT2D eigenvalue weighted by Crippen LogP contribution is 2.33. The molecule has 3 N–H and O–H groups in total. The van der Waals surface area contributed by atoms with Crippen LogP contribution in [0.25, 0.3) is 11.3 Å². The molecule has 0 saturated carbocycles. The lowest BCUT2D eigenvalue weighted by Crippen LogP contribution is -2.11. The maximum atomic E-state index is 9.55. The van der Waals surface area contributed by atoms with E-state index in [0.29, 0.717) is 28.0 Å². The third-order valence-corrected chi connectivity index (χ3v) is 4.17. The van der Waals surface area contributed by atoms with Crippen LogP contribution in [0.5, 0.6) is 0 Å². The van der Waals surface area contributed by atoms with Crippen LogP contribution in [0, 0.1) is 0 Å². The molecule has 0 bridgehead atoms. The minimum Gasteiger partial charge on any atom is -0.390 e. The molecule has 0 amide bonds. The van der Waals surface area contributed by atoms with Gasteiger partial charge in [-0.3, -0.25) is 0 Å². The Labute approximate surface area is 148 Å². The molecule has 24 heavy (non-hydrogen) atoms. The summed E-state index contributed by atoms with van der Waals surface area (Å²) in [6, 6.07) is 7.01. The number of nitrogens with two attached hydrogens (primary N) is 1. The lowest BCUT2D eigenvalue weighted by molar-refractivity contribution is 0.277. The van der Waals surface area contributed by atoms with Gasteiger partial charge in [0, 0.05) is 17.1 Å². The fourth-order valence-electron chi connectivity index (χ4n) is 2.53. The van der Waals surface area contributed by atoms with Crippen LogP contribution in [0.3, 0.4) is 0 Å². The number of halogens is 2. The van der Waals surface area contributed by atoms with Crippen LogP contribution in [0.4, 0.5) is 0 Å². The first-order valence-electron chi connectivity index (χ1n) is 7.22. The van der Waals surface area contributed by atoms with Crippen molar-refractivity contribution in [1.82, 2.24) is 19.7 Å². The van der Waals surface area contributed by atoms with Crippen molar-refractivity contribution in [2.45, 2.75) is 19.7 Å². The molecule has 124 valence electrons. The van der Waals surface area contributed by atoms with E-state index in [2.05, 4.69) is 15.1 Å². The zero-order valence-electron chi connectivity index (χ0n) is 12.7. The number of hydrogen-bond acceptors (Lipinski definition) is 5. The van der Waals surface area contributed by atoms with Gasteiger partial charge in [0.15, 0.2) is 0 Å². The smallest absolute Gasteiger partial charge is 0.137 e. The predicted molar refractivity (Wildman–Crippen MR) is 92.6 cm³/mol. The van der Waals surface area contributed by atoms with Crippen LogP contribution in [0.15, 0.2) is 36.9 Å². The third-order valence-electron chi connectivity index (χ3n) is 3.62. The van der Waals surface area contributed by atoms with Gasteiger partial charge in [-0.25, -0.2) is 14.6 Å². The predicted octanol–water partition coefficient (Wildman–Crippen LogP) is 2.65. The first-order valence-corrected chi connectivity index (χ1v) is 7.98. The lowest BCUT2D eigenvalue weighted by atomic mass is 9.99. The van der Waals surface area contributed by atoms with Gasteiger partial charge < -0.3 is 10.8 Å². The maximum absolute atomic E-state index is 9.55. The summed E-state index contributed by atoms with van der Waals surface area (Å²) in [7, 11) is 0. The fraction of sp³-hybridized carbons (Fsp3) is 0.188. The van der Waals surface area contributed by atoms with E-state index in [4.69, 9.17) is 28.9 Å². The van der Waals surface area contributed by atoms with Crippen molar-refractivity contribution in [3.05, 3.63) is 63.8 Å². The number of aromatic nitrogens is 4. The van der Waals surface area contributed by atoms with Crippen LogP contribution in [0.2, 0.25) is 10.0 Å². The molecule has 0 spiro atoms. The molecule has 0 radical (unpaired) electrons. The Bertz CT molecular complexity index is 852.